The van der Waals surface area contributed by atoms with Crippen LogP contribution in [0, 0.1) is 0 Å². The highest BCUT2D eigenvalue weighted by Gasteiger charge is 2.19. The number of hydrogen-bond acceptors (Lipinski definition) is 9. The predicted molar refractivity (Wildman–Crippen MR) is 122 cm³/mol. The fourth-order valence-electron chi connectivity index (χ4n) is 2.13. The van der Waals surface area contributed by atoms with E-state index in [4.69, 9.17) is 23.1 Å². The molecule has 4 unspecified atom stereocenters. The minimum Gasteiger partial charge on any atom is -0.465 e. The number of aliphatic hydroxyl groups excluding tert-OH is 2. The van der Waals surface area contributed by atoms with Crippen molar-refractivity contribution in [2.24, 2.45) is 0 Å². The van der Waals surface area contributed by atoms with Crippen molar-refractivity contribution in [2.75, 3.05) is 13.2 Å². The minimum absolute atomic E-state index is 0.0198. The van der Waals surface area contributed by atoms with Gasteiger partial charge in [-0.3, -0.25) is 0 Å². The molecular formula is C20H38O9Si2. The molecule has 31 heavy (non-hydrogen) atoms. The van der Waals surface area contributed by atoms with Gasteiger partial charge < -0.3 is 33.3 Å². The molecule has 0 rings (SSSR count). The molecule has 0 saturated heterocycles. The molecule has 0 aromatic heterocycles. The van der Waals surface area contributed by atoms with Gasteiger partial charge in [0, 0.05) is 11.1 Å². The normalized spacial score (nSPS) is 15.7. The second kappa shape index (κ2) is 17.2. The summed E-state index contributed by atoms with van der Waals surface area (Å²) < 4.78 is 27.2. The van der Waals surface area contributed by atoms with Gasteiger partial charge in [0.05, 0.1) is 12.2 Å². The van der Waals surface area contributed by atoms with E-state index in [9.17, 15) is 19.8 Å². The summed E-state index contributed by atoms with van der Waals surface area (Å²) in [6.45, 7) is 13.8. The van der Waals surface area contributed by atoms with Crippen LogP contribution in [0.4, 0.5) is 0 Å². The molecule has 0 radical (unpaired) electrons. The number of aliphatic hydroxyl groups is 2. The van der Waals surface area contributed by atoms with Crippen LogP contribution in [-0.4, -0.2) is 79.7 Å². The first-order valence-corrected chi connectivity index (χ1v) is 13.7. The van der Waals surface area contributed by atoms with Gasteiger partial charge in [0.25, 0.3) is 0 Å². The third-order valence-electron chi connectivity index (χ3n) is 4.06. The van der Waals surface area contributed by atoms with Gasteiger partial charge in [-0.1, -0.05) is 27.0 Å². The summed E-state index contributed by atoms with van der Waals surface area (Å²) in [5.41, 5.74) is 0.590. The van der Waals surface area contributed by atoms with Crippen molar-refractivity contribution in [1.29, 1.82) is 0 Å². The molecule has 0 aliphatic carbocycles. The average Bonchev–Trinajstić information content (AvgIpc) is 2.73. The summed E-state index contributed by atoms with van der Waals surface area (Å²) in [6.07, 6.45) is -1.94. The largest absolute Gasteiger partial charge is 0.465 e. The first-order valence-electron chi connectivity index (χ1n) is 10.5. The first-order chi connectivity index (χ1) is 14.6. The van der Waals surface area contributed by atoms with Crippen LogP contribution in [0.25, 0.3) is 0 Å². The maximum Gasteiger partial charge on any atom is 0.333 e. The molecule has 0 bridgehead atoms. The maximum atomic E-state index is 11.6. The Kier molecular flexibility index (Phi) is 16.5. The lowest BCUT2D eigenvalue weighted by Gasteiger charge is -2.22. The van der Waals surface area contributed by atoms with Crippen molar-refractivity contribution in [3.63, 3.8) is 0 Å². The molecule has 11 heteroatoms. The van der Waals surface area contributed by atoms with Crippen LogP contribution >= 0.6 is 0 Å². The van der Waals surface area contributed by atoms with E-state index < -0.39 is 56.3 Å². The van der Waals surface area contributed by atoms with Crippen LogP contribution in [0.2, 0.25) is 12.1 Å². The zero-order valence-electron chi connectivity index (χ0n) is 19.1. The van der Waals surface area contributed by atoms with Gasteiger partial charge >= 0.3 is 11.9 Å². The summed E-state index contributed by atoms with van der Waals surface area (Å²) in [4.78, 5) is 23.2. The monoisotopic (exact) mass is 478 g/mol. The topological polar surface area (TPSA) is 121 Å². The highest BCUT2D eigenvalue weighted by molar-refractivity contribution is 6.42. The van der Waals surface area contributed by atoms with E-state index in [0.29, 0.717) is 36.1 Å². The SMILES string of the molecule is C=C(C)C(=O)OCC(C[SiH2]O[SiH2]CC(COC(=O)C(=C)C)OC(O)CC)OC(O)CC. The number of ether oxygens (including phenoxy) is 4. The summed E-state index contributed by atoms with van der Waals surface area (Å²) in [5, 5.41) is 19.5. The number of esters is 2. The van der Waals surface area contributed by atoms with E-state index in [2.05, 4.69) is 13.2 Å². The van der Waals surface area contributed by atoms with Crippen molar-refractivity contribution in [3.8, 4) is 0 Å². The Morgan fingerprint density at radius 2 is 1.16 bits per heavy atom. The molecule has 180 valence electrons. The molecule has 0 aromatic carbocycles. The van der Waals surface area contributed by atoms with Crippen LogP contribution in [0.3, 0.4) is 0 Å². The fraction of sp³-hybridized carbons (Fsp3) is 0.700. The molecule has 9 nitrogen and oxygen atoms in total. The molecule has 0 amide bonds. The number of carbonyl (C=O) groups is 2. The third-order valence-corrected chi connectivity index (χ3v) is 8.13. The van der Waals surface area contributed by atoms with Crippen molar-refractivity contribution in [2.45, 2.75) is 77.4 Å². The van der Waals surface area contributed by atoms with E-state index in [0.717, 1.165) is 0 Å². The van der Waals surface area contributed by atoms with Crippen molar-refractivity contribution in [1.82, 2.24) is 0 Å². The van der Waals surface area contributed by atoms with Gasteiger partial charge in [0.15, 0.2) is 12.6 Å². The van der Waals surface area contributed by atoms with Crippen LogP contribution in [-0.2, 0) is 32.7 Å². The van der Waals surface area contributed by atoms with Crippen molar-refractivity contribution < 1.29 is 42.9 Å². The second-order valence-corrected chi connectivity index (χ2v) is 10.8. The standard InChI is InChI=1S/C20H38O9Si2/c1-7-17(21)27-15(9-25-19(23)13(3)4)11-30-29-31-12-16(28-18(22)8-2)10-26-20(24)14(5)6/h15-18,21-22H,3,5,7-12,30-31H2,1-2,4,6H3. The summed E-state index contributed by atoms with van der Waals surface area (Å²) >= 11 is 0. The fourth-order valence-corrected chi connectivity index (χ4v) is 5.41. The Labute approximate surface area is 189 Å². The van der Waals surface area contributed by atoms with Crippen molar-refractivity contribution >= 4 is 31.5 Å². The lowest BCUT2D eigenvalue weighted by Crippen LogP contribution is -2.30. The number of hydrogen-bond donors (Lipinski definition) is 2. The maximum absolute atomic E-state index is 11.6. The molecule has 2 N–H and O–H groups in total. The van der Waals surface area contributed by atoms with Crippen LogP contribution < -0.4 is 0 Å². The average molecular weight is 479 g/mol. The highest BCUT2D eigenvalue weighted by Crippen LogP contribution is 2.09. The van der Waals surface area contributed by atoms with Gasteiger partial charge in [-0.05, 0) is 38.8 Å². The number of rotatable bonds is 18. The first kappa shape index (κ1) is 29.7. The molecule has 0 aliphatic rings. The summed E-state index contributed by atoms with van der Waals surface area (Å²) in [5.74, 6) is -1.01. The molecule has 0 fully saturated rings. The molecule has 0 aromatic rings. The third kappa shape index (κ3) is 15.2. The van der Waals surface area contributed by atoms with E-state index >= 15 is 0 Å². The molecule has 0 aliphatic heterocycles. The Balaban J connectivity index is 4.49. The Morgan fingerprint density at radius 1 is 0.806 bits per heavy atom. The Hall–Kier alpha value is -1.35. The molecular weight excluding hydrogens is 440 g/mol. The highest BCUT2D eigenvalue weighted by atomic mass is 28.3. The smallest absolute Gasteiger partial charge is 0.333 e. The van der Waals surface area contributed by atoms with Gasteiger partial charge in [0.1, 0.15) is 32.7 Å². The minimum atomic E-state index is -0.997. The Bertz CT molecular complexity index is 523. The van der Waals surface area contributed by atoms with E-state index in [1.54, 1.807) is 27.7 Å². The summed E-state index contributed by atoms with van der Waals surface area (Å²) in [7, 11) is -1.99. The van der Waals surface area contributed by atoms with Gasteiger partial charge in [-0.25, -0.2) is 9.59 Å². The summed E-state index contributed by atoms with van der Waals surface area (Å²) in [6, 6.07) is 1.11. The van der Waals surface area contributed by atoms with Gasteiger partial charge in [0.2, 0.25) is 0 Å². The van der Waals surface area contributed by atoms with E-state index in [1.165, 1.54) is 0 Å². The molecule has 0 saturated carbocycles. The van der Waals surface area contributed by atoms with E-state index in [-0.39, 0.29) is 13.2 Å². The van der Waals surface area contributed by atoms with Crippen molar-refractivity contribution in [3.05, 3.63) is 24.3 Å². The quantitative estimate of drug-likeness (QED) is 0.0952. The van der Waals surface area contributed by atoms with Gasteiger partial charge in [-0.15, -0.1) is 0 Å². The van der Waals surface area contributed by atoms with Crippen LogP contribution in [0.15, 0.2) is 24.3 Å². The van der Waals surface area contributed by atoms with Crippen LogP contribution in [0.5, 0.6) is 0 Å². The lowest BCUT2D eigenvalue weighted by atomic mass is 10.3. The van der Waals surface area contributed by atoms with E-state index in [1.807, 2.05) is 0 Å². The second-order valence-electron chi connectivity index (χ2n) is 7.19. The number of carbonyl (C=O) groups excluding carboxylic acids is 2. The predicted octanol–water partition coefficient (Wildman–Crippen LogP) is 0.473. The molecule has 0 spiro atoms. The van der Waals surface area contributed by atoms with Crippen LogP contribution in [0.1, 0.15) is 40.5 Å². The lowest BCUT2D eigenvalue weighted by molar-refractivity contribution is -0.161. The Morgan fingerprint density at radius 3 is 1.45 bits per heavy atom. The zero-order valence-corrected chi connectivity index (χ0v) is 22.0. The zero-order chi connectivity index (χ0) is 23.8. The molecule has 4 atom stereocenters. The molecule has 0 heterocycles. The van der Waals surface area contributed by atoms with Gasteiger partial charge in [-0.2, -0.15) is 0 Å².